The molecule has 0 saturated heterocycles. The monoisotopic (exact) mass is 527 g/mol. The number of pyridine rings is 1. The molecule has 7 nitrogen and oxygen atoms in total. The Morgan fingerprint density at radius 3 is 2.41 bits per heavy atom. The molecule has 1 aromatic heterocycles. The molecule has 1 atom stereocenters. The van der Waals surface area contributed by atoms with E-state index in [1.54, 1.807) is 49.6 Å². The number of carbonyl (C=O) groups is 1. The molecule has 1 amide bonds. The van der Waals surface area contributed by atoms with Crippen molar-refractivity contribution in [2.24, 2.45) is 17.9 Å². The summed E-state index contributed by atoms with van der Waals surface area (Å²) >= 11 is 6.39. The number of nitrogens with zero attached hydrogens (tertiary/aromatic N) is 2. The van der Waals surface area contributed by atoms with Crippen LogP contribution < -0.4 is 11.3 Å². The Morgan fingerprint density at radius 1 is 1.16 bits per heavy atom. The lowest BCUT2D eigenvalue weighted by Gasteiger charge is -2.20. The number of aryl methyl sites for hydroxylation is 1. The van der Waals surface area contributed by atoms with Crippen LogP contribution in [0.2, 0.25) is 5.02 Å². The lowest BCUT2D eigenvalue weighted by molar-refractivity contribution is 0.0996. The topological polar surface area (TPSA) is 118 Å². The van der Waals surface area contributed by atoms with Crippen molar-refractivity contribution in [2.75, 3.05) is 0 Å². The molecule has 2 aromatic carbocycles. The summed E-state index contributed by atoms with van der Waals surface area (Å²) < 4.78 is 15.8. The average molecular weight is 528 g/mol. The fourth-order valence-electron chi connectivity index (χ4n) is 4.37. The Kier molecular flexibility index (Phi) is 10.00. The Labute approximate surface area is 220 Å². The van der Waals surface area contributed by atoms with Crippen molar-refractivity contribution >= 4 is 23.2 Å². The van der Waals surface area contributed by atoms with Crippen molar-refractivity contribution in [3.63, 3.8) is 0 Å². The highest BCUT2D eigenvalue weighted by Gasteiger charge is 2.23. The summed E-state index contributed by atoms with van der Waals surface area (Å²) in [5.41, 5.74) is 6.81. The third kappa shape index (κ3) is 7.50. The van der Waals surface area contributed by atoms with Gasteiger partial charge in [-0.25, -0.2) is 4.39 Å². The van der Waals surface area contributed by atoms with E-state index in [0.717, 1.165) is 12.8 Å². The minimum absolute atomic E-state index is 0.0359. The van der Waals surface area contributed by atoms with Crippen LogP contribution in [-0.4, -0.2) is 32.6 Å². The number of halogens is 2. The van der Waals surface area contributed by atoms with E-state index in [0.29, 0.717) is 21.7 Å². The van der Waals surface area contributed by atoms with Gasteiger partial charge >= 0.3 is 0 Å². The zero-order valence-corrected chi connectivity index (χ0v) is 21.4. The molecule has 1 aliphatic carbocycles. The van der Waals surface area contributed by atoms with E-state index in [2.05, 4.69) is 5.16 Å². The lowest BCUT2D eigenvalue weighted by Crippen LogP contribution is -2.18. The molecule has 0 bridgehead atoms. The van der Waals surface area contributed by atoms with E-state index < -0.39 is 17.6 Å². The summed E-state index contributed by atoms with van der Waals surface area (Å²) in [5.74, 6) is -2.10. The minimum atomic E-state index is -0.865. The van der Waals surface area contributed by atoms with Crippen molar-refractivity contribution in [3.05, 3.63) is 104 Å². The summed E-state index contributed by atoms with van der Waals surface area (Å²) in [6.45, 7) is 0. The van der Waals surface area contributed by atoms with Crippen LogP contribution in [0, 0.1) is 5.82 Å². The number of primary amides is 1. The second-order valence-electron chi connectivity index (χ2n) is 9.09. The first-order chi connectivity index (χ1) is 17.7. The number of hydrogen-bond donors (Lipinski definition) is 3. The normalized spacial score (nSPS) is 15.0. The molecule has 1 aliphatic rings. The van der Waals surface area contributed by atoms with Gasteiger partial charge in [0.15, 0.2) is 0 Å². The highest BCUT2D eigenvalue weighted by molar-refractivity contribution is 6.31. The number of aliphatic hydroxyl groups excluding tert-OH is 1. The van der Waals surface area contributed by atoms with Gasteiger partial charge in [-0.15, -0.1) is 0 Å². The quantitative estimate of drug-likeness (QED) is 0.238. The standard InChI is InChI=1S/C22H19ClFN3O3.C6H12O/c1-27-12-14(7-9-21(27)28)20(26-30)11-17(15-4-2-3-5-18(15)23)13-6-8-16(22(25)29)19(24)10-13;7-6-4-2-1-3-5-6/h2-10,12,17,30H,11H2,1H3,(H2,25,29);6-7H,1-5H2/b26-20+;. The number of carbonyl (C=O) groups excluding carboxylic acids is 1. The Hall–Kier alpha value is -3.49. The van der Waals surface area contributed by atoms with Gasteiger partial charge in [0.1, 0.15) is 5.82 Å². The third-order valence-corrected chi connectivity index (χ3v) is 6.80. The van der Waals surface area contributed by atoms with Crippen LogP contribution in [0.1, 0.15) is 71.5 Å². The molecule has 4 N–H and O–H groups in total. The van der Waals surface area contributed by atoms with Crippen molar-refractivity contribution in [2.45, 2.75) is 50.5 Å². The molecule has 37 heavy (non-hydrogen) atoms. The molecule has 1 unspecified atom stereocenters. The Morgan fingerprint density at radius 2 is 1.86 bits per heavy atom. The highest BCUT2D eigenvalue weighted by Crippen LogP contribution is 2.34. The summed E-state index contributed by atoms with van der Waals surface area (Å²) in [4.78, 5) is 23.1. The molecule has 1 saturated carbocycles. The number of oxime groups is 1. The third-order valence-electron chi connectivity index (χ3n) is 6.45. The maximum Gasteiger partial charge on any atom is 0.251 e. The van der Waals surface area contributed by atoms with E-state index in [9.17, 15) is 19.2 Å². The van der Waals surface area contributed by atoms with Gasteiger partial charge in [0, 0.05) is 42.2 Å². The van der Waals surface area contributed by atoms with Crippen molar-refractivity contribution in [1.29, 1.82) is 0 Å². The van der Waals surface area contributed by atoms with Crippen LogP contribution in [0.15, 0.2) is 70.7 Å². The number of hydrogen-bond acceptors (Lipinski definition) is 5. The molecular formula is C28H31ClFN3O4. The molecule has 1 fully saturated rings. The maximum absolute atomic E-state index is 14.5. The zero-order valence-electron chi connectivity index (χ0n) is 20.6. The number of aromatic nitrogens is 1. The predicted octanol–water partition coefficient (Wildman–Crippen LogP) is 4.99. The first kappa shape index (κ1) is 28.1. The minimum Gasteiger partial charge on any atom is -0.411 e. The van der Waals surface area contributed by atoms with Crippen molar-refractivity contribution in [3.8, 4) is 0 Å². The van der Waals surface area contributed by atoms with E-state index >= 15 is 0 Å². The maximum atomic E-state index is 14.5. The Balaban J connectivity index is 0.000000468. The lowest BCUT2D eigenvalue weighted by atomic mass is 9.85. The fourth-order valence-corrected chi connectivity index (χ4v) is 4.64. The molecule has 4 rings (SSSR count). The summed E-state index contributed by atoms with van der Waals surface area (Å²) in [5, 5.41) is 22.4. The smallest absolute Gasteiger partial charge is 0.251 e. The number of aliphatic hydroxyl groups is 1. The first-order valence-corrected chi connectivity index (χ1v) is 12.5. The largest absolute Gasteiger partial charge is 0.411 e. The van der Waals surface area contributed by atoms with Crippen LogP contribution in [0.5, 0.6) is 0 Å². The van der Waals surface area contributed by atoms with E-state index in [1.165, 1.54) is 42.0 Å². The van der Waals surface area contributed by atoms with Gasteiger partial charge < -0.3 is 20.6 Å². The first-order valence-electron chi connectivity index (χ1n) is 12.1. The number of rotatable bonds is 6. The fraction of sp³-hybridized carbons (Fsp3) is 0.321. The SMILES string of the molecule is Cn1cc(/C(CC(c2ccc(C(N)=O)c(F)c2)c2ccccc2Cl)=N/O)ccc1=O.OC1CCCCC1. The van der Waals surface area contributed by atoms with E-state index in [-0.39, 0.29) is 29.4 Å². The molecule has 196 valence electrons. The zero-order chi connectivity index (χ0) is 26.9. The molecule has 0 spiro atoms. The van der Waals surface area contributed by atoms with Crippen LogP contribution >= 0.6 is 11.6 Å². The molecular weight excluding hydrogens is 497 g/mol. The van der Waals surface area contributed by atoms with Gasteiger partial charge in [-0.3, -0.25) is 9.59 Å². The molecule has 0 aliphatic heterocycles. The van der Waals surface area contributed by atoms with Crippen LogP contribution in [-0.2, 0) is 7.05 Å². The number of amides is 1. The second-order valence-corrected chi connectivity index (χ2v) is 9.49. The molecule has 0 radical (unpaired) electrons. The van der Waals surface area contributed by atoms with Crippen molar-refractivity contribution < 1.29 is 19.5 Å². The van der Waals surface area contributed by atoms with Gasteiger partial charge in [0.25, 0.3) is 5.91 Å². The summed E-state index contributed by atoms with van der Waals surface area (Å²) in [6.07, 6.45) is 7.64. The molecule has 9 heteroatoms. The summed E-state index contributed by atoms with van der Waals surface area (Å²) in [6, 6.07) is 14.1. The second kappa shape index (κ2) is 13.2. The molecule has 1 heterocycles. The van der Waals surface area contributed by atoms with Gasteiger partial charge in [-0.2, -0.15) is 0 Å². The summed E-state index contributed by atoms with van der Waals surface area (Å²) in [7, 11) is 1.59. The highest BCUT2D eigenvalue weighted by atomic mass is 35.5. The average Bonchev–Trinajstić information content (AvgIpc) is 2.88. The Bertz CT molecular complexity index is 1320. The van der Waals surface area contributed by atoms with E-state index in [1.807, 2.05) is 0 Å². The number of benzene rings is 2. The van der Waals surface area contributed by atoms with Crippen LogP contribution in [0.4, 0.5) is 4.39 Å². The predicted molar refractivity (Wildman–Crippen MR) is 142 cm³/mol. The van der Waals surface area contributed by atoms with Gasteiger partial charge in [0.2, 0.25) is 5.56 Å². The van der Waals surface area contributed by atoms with Crippen molar-refractivity contribution in [1.82, 2.24) is 4.57 Å². The number of nitrogens with two attached hydrogens (primary N) is 1. The van der Waals surface area contributed by atoms with Crippen LogP contribution in [0.25, 0.3) is 0 Å². The molecule has 3 aromatic rings. The van der Waals surface area contributed by atoms with E-state index in [4.69, 9.17) is 22.4 Å². The van der Waals surface area contributed by atoms with Gasteiger partial charge in [-0.1, -0.05) is 60.3 Å². The van der Waals surface area contributed by atoms with Crippen LogP contribution in [0.3, 0.4) is 0 Å². The van der Waals surface area contributed by atoms with Gasteiger partial charge in [-0.05, 0) is 48.2 Å². The van der Waals surface area contributed by atoms with Gasteiger partial charge in [0.05, 0.1) is 17.4 Å².